The van der Waals surface area contributed by atoms with Crippen LogP contribution in [0.3, 0.4) is 0 Å². The first-order valence-electron chi connectivity index (χ1n) is 8.26. The van der Waals surface area contributed by atoms with Crippen molar-refractivity contribution >= 4 is 23.0 Å². The van der Waals surface area contributed by atoms with Crippen molar-refractivity contribution in [2.24, 2.45) is 0 Å². The third-order valence-electron chi connectivity index (χ3n) is 4.42. The number of benzene rings is 2. The molecule has 0 saturated carbocycles. The Morgan fingerprint density at radius 2 is 1.75 bits per heavy atom. The summed E-state index contributed by atoms with van der Waals surface area (Å²) in [5.74, 6) is -0.00379. The van der Waals surface area contributed by atoms with Gasteiger partial charge in [-0.3, -0.25) is 4.79 Å². The van der Waals surface area contributed by atoms with E-state index in [1.807, 2.05) is 54.6 Å². The van der Waals surface area contributed by atoms with E-state index in [0.717, 1.165) is 37.0 Å². The monoisotopic (exact) mass is 321 g/mol. The maximum atomic E-state index is 12.2. The molecule has 3 aromatic rings. The summed E-state index contributed by atoms with van der Waals surface area (Å²) in [5.41, 5.74) is 2.40. The standard InChI is InChI=1S/C19H19N3O2/c23-18(14-6-2-1-3-7-14)20-15-10-12-22(13-11-15)19-21-16-8-4-5-9-17(16)24-19/h1-9,15H,10-13H2,(H,20,23). The van der Waals surface area contributed by atoms with Crippen molar-refractivity contribution in [2.45, 2.75) is 18.9 Å². The molecule has 1 saturated heterocycles. The fourth-order valence-electron chi connectivity index (χ4n) is 3.07. The molecule has 4 rings (SSSR count). The van der Waals surface area contributed by atoms with Crippen LogP contribution in [0.25, 0.3) is 11.1 Å². The Hall–Kier alpha value is -2.82. The van der Waals surface area contributed by atoms with Crippen LogP contribution in [0, 0.1) is 0 Å². The van der Waals surface area contributed by atoms with Gasteiger partial charge in [0.2, 0.25) is 0 Å². The normalized spacial score (nSPS) is 15.6. The summed E-state index contributed by atoms with van der Waals surface area (Å²) in [6.07, 6.45) is 1.77. The number of carbonyl (C=O) groups excluding carboxylic acids is 1. The molecule has 2 aromatic carbocycles. The molecule has 1 amide bonds. The Morgan fingerprint density at radius 1 is 1.04 bits per heavy atom. The third-order valence-corrected chi connectivity index (χ3v) is 4.42. The highest BCUT2D eigenvalue weighted by Gasteiger charge is 2.24. The maximum Gasteiger partial charge on any atom is 0.298 e. The zero-order valence-electron chi connectivity index (χ0n) is 13.3. The Bertz CT molecular complexity index is 803. The van der Waals surface area contributed by atoms with E-state index in [4.69, 9.17) is 4.42 Å². The fraction of sp³-hybridized carbons (Fsp3) is 0.263. The number of amides is 1. The van der Waals surface area contributed by atoms with Gasteiger partial charge < -0.3 is 14.6 Å². The lowest BCUT2D eigenvalue weighted by Crippen LogP contribution is -2.44. The van der Waals surface area contributed by atoms with E-state index in [2.05, 4.69) is 15.2 Å². The van der Waals surface area contributed by atoms with Gasteiger partial charge in [-0.2, -0.15) is 4.98 Å². The minimum absolute atomic E-state index is 0.00379. The van der Waals surface area contributed by atoms with Crippen LogP contribution in [0.2, 0.25) is 0 Å². The molecule has 0 atom stereocenters. The van der Waals surface area contributed by atoms with Crippen LogP contribution in [0.1, 0.15) is 23.2 Å². The molecule has 0 aliphatic carbocycles. The number of hydrogen-bond acceptors (Lipinski definition) is 4. The van der Waals surface area contributed by atoms with Crippen molar-refractivity contribution in [1.29, 1.82) is 0 Å². The third kappa shape index (κ3) is 2.97. The minimum Gasteiger partial charge on any atom is -0.423 e. The summed E-state index contributed by atoms with van der Waals surface area (Å²) in [7, 11) is 0. The molecule has 5 nitrogen and oxygen atoms in total. The summed E-state index contributed by atoms with van der Waals surface area (Å²) >= 11 is 0. The van der Waals surface area contributed by atoms with Gasteiger partial charge in [0.15, 0.2) is 5.58 Å². The van der Waals surface area contributed by atoms with Crippen molar-refractivity contribution in [3.63, 3.8) is 0 Å². The van der Waals surface area contributed by atoms with Gasteiger partial charge in [-0.1, -0.05) is 30.3 Å². The highest BCUT2D eigenvalue weighted by Crippen LogP contribution is 2.24. The second kappa shape index (κ2) is 6.35. The van der Waals surface area contributed by atoms with Crippen LogP contribution in [0.15, 0.2) is 59.0 Å². The minimum atomic E-state index is -0.00379. The zero-order valence-corrected chi connectivity index (χ0v) is 13.3. The number of piperidine rings is 1. The molecular weight excluding hydrogens is 302 g/mol. The average Bonchev–Trinajstić information content (AvgIpc) is 3.07. The molecule has 0 spiro atoms. The van der Waals surface area contributed by atoms with E-state index in [9.17, 15) is 4.79 Å². The van der Waals surface area contributed by atoms with E-state index in [-0.39, 0.29) is 11.9 Å². The number of aromatic nitrogens is 1. The number of nitrogens with one attached hydrogen (secondary N) is 1. The molecule has 1 aliphatic heterocycles. The zero-order chi connectivity index (χ0) is 16.4. The van der Waals surface area contributed by atoms with E-state index in [0.29, 0.717) is 11.6 Å². The summed E-state index contributed by atoms with van der Waals surface area (Å²) in [4.78, 5) is 18.9. The second-order valence-corrected chi connectivity index (χ2v) is 6.06. The number of rotatable bonds is 3. The number of carbonyl (C=O) groups is 1. The molecule has 1 aliphatic rings. The van der Waals surface area contributed by atoms with E-state index in [1.54, 1.807) is 0 Å². The highest BCUT2D eigenvalue weighted by atomic mass is 16.4. The summed E-state index contributed by atoms with van der Waals surface area (Å²) in [6.45, 7) is 1.65. The van der Waals surface area contributed by atoms with Crippen LogP contribution in [0.5, 0.6) is 0 Å². The highest BCUT2D eigenvalue weighted by molar-refractivity contribution is 5.94. The number of fused-ring (bicyclic) bond motifs is 1. The molecule has 5 heteroatoms. The number of para-hydroxylation sites is 2. The van der Waals surface area contributed by atoms with Crippen molar-refractivity contribution in [1.82, 2.24) is 10.3 Å². The van der Waals surface area contributed by atoms with Gasteiger partial charge >= 0.3 is 0 Å². The predicted octanol–water partition coefficient (Wildman–Crippen LogP) is 3.23. The average molecular weight is 321 g/mol. The van der Waals surface area contributed by atoms with Crippen molar-refractivity contribution in [3.05, 3.63) is 60.2 Å². The molecule has 1 aromatic heterocycles. The Morgan fingerprint density at radius 3 is 2.50 bits per heavy atom. The molecule has 122 valence electrons. The lowest BCUT2D eigenvalue weighted by Gasteiger charge is -2.31. The summed E-state index contributed by atoms with van der Waals surface area (Å²) in [6, 6.07) is 18.0. The van der Waals surface area contributed by atoms with Crippen LogP contribution in [-0.2, 0) is 0 Å². The SMILES string of the molecule is O=C(NC1CCN(c2nc3ccccc3o2)CC1)c1ccccc1. The van der Waals surface area contributed by atoms with Gasteiger partial charge in [-0.05, 0) is 37.1 Å². The van der Waals surface area contributed by atoms with Crippen LogP contribution in [-0.4, -0.2) is 30.0 Å². The fourth-order valence-corrected chi connectivity index (χ4v) is 3.07. The molecule has 24 heavy (non-hydrogen) atoms. The Kier molecular flexibility index (Phi) is 3.91. The van der Waals surface area contributed by atoms with Crippen LogP contribution >= 0.6 is 0 Å². The number of nitrogens with zero attached hydrogens (tertiary/aromatic N) is 2. The van der Waals surface area contributed by atoms with Gasteiger partial charge in [0.05, 0.1) is 0 Å². The van der Waals surface area contributed by atoms with Crippen molar-refractivity contribution < 1.29 is 9.21 Å². The largest absolute Gasteiger partial charge is 0.423 e. The van der Waals surface area contributed by atoms with Gasteiger partial charge in [0, 0.05) is 24.7 Å². The molecule has 0 unspecified atom stereocenters. The molecule has 0 radical (unpaired) electrons. The van der Waals surface area contributed by atoms with E-state index in [1.165, 1.54) is 0 Å². The predicted molar refractivity (Wildman–Crippen MR) is 93.2 cm³/mol. The van der Waals surface area contributed by atoms with Crippen LogP contribution < -0.4 is 10.2 Å². The Balaban J connectivity index is 1.37. The summed E-state index contributed by atoms with van der Waals surface area (Å²) in [5, 5.41) is 3.12. The first kappa shape index (κ1) is 14.8. The van der Waals surface area contributed by atoms with E-state index < -0.39 is 0 Å². The van der Waals surface area contributed by atoms with Gasteiger partial charge in [0.1, 0.15) is 5.52 Å². The first-order valence-corrected chi connectivity index (χ1v) is 8.26. The van der Waals surface area contributed by atoms with Crippen LogP contribution in [0.4, 0.5) is 6.01 Å². The molecule has 1 fully saturated rings. The number of oxazole rings is 1. The number of anilines is 1. The quantitative estimate of drug-likeness (QED) is 0.804. The topological polar surface area (TPSA) is 58.4 Å². The van der Waals surface area contributed by atoms with Gasteiger partial charge in [-0.25, -0.2) is 0 Å². The summed E-state index contributed by atoms with van der Waals surface area (Å²) < 4.78 is 5.82. The van der Waals surface area contributed by atoms with Gasteiger partial charge in [-0.15, -0.1) is 0 Å². The molecular formula is C19H19N3O2. The number of hydrogen-bond donors (Lipinski definition) is 1. The first-order chi connectivity index (χ1) is 11.8. The van der Waals surface area contributed by atoms with Gasteiger partial charge in [0.25, 0.3) is 11.9 Å². The molecule has 0 bridgehead atoms. The lowest BCUT2D eigenvalue weighted by molar-refractivity contribution is 0.0931. The van der Waals surface area contributed by atoms with Crippen molar-refractivity contribution in [3.8, 4) is 0 Å². The maximum absolute atomic E-state index is 12.2. The van der Waals surface area contributed by atoms with E-state index >= 15 is 0 Å². The molecule has 1 N–H and O–H groups in total. The smallest absolute Gasteiger partial charge is 0.298 e. The lowest BCUT2D eigenvalue weighted by atomic mass is 10.0. The van der Waals surface area contributed by atoms with Crippen molar-refractivity contribution in [2.75, 3.05) is 18.0 Å². The second-order valence-electron chi connectivity index (χ2n) is 6.06. The Labute approximate surface area is 140 Å². The molecule has 2 heterocycles.